The van der Waals surface area contributed by atoms with E-state index in [2.05, 4.69) is 17.5 Å². The lowest BCUT2D eigenvalue weighted by Crippen LogP contribution is -2.57. The van der Waals surface area contributed by atoms with Gasteiger partial charge in [-0.25, -0.2) is 8.42 Å². The van der Waals surface area contributed by atoms with Crippen LogP contribution in [-0.4, -0.2) is 48.5 Å². The molecule has 0 aromatic heterocycles. The molecule has 1 rings (SSSR count). The summed E-state index contributed by atoms with van der Waals surface area (Å²) < 4.78 is 25.0. The Bertz CT molecular complexity index is 393. The number of nitrogens with two attached hydrogens (primary N) is 1. The van der Waals surface area contributed by atoms with E-state index in [1.54, 1.807) is 6.92 Å². The van der Waals surface area contributed by atoms with E-state index in [-0.39, 0.29) is 23.2 Å². The molecule has 0 spiro atoms. The van der Waals surface area contributed by atoms with Crippen molar-refractivity contribution >= 4 is 33.1 Å². The minimum atomic E-state index is -3.57. The van der Waals surface area contributed by atoms with Crippen LogP contribution in [0.5, 0.6) is 0 Å². The van der Waals surface area contributed by atoms with Crippen LogP contribution < -0.4 is 11.1 Å². The third kappa shape index (κ3) is 2.89. The quantitative estimate of drug-likeness (QED) is 0.624. The zero-order valence-corrected chi connectivity index (χ0v) is 10.6. The highest BCUT2D eigenvalue weighted by Gasteiger charge is 2.36. The molecule has 16 heavy (non-hydrogen) atoms. The predicted octanol–water partition coefficient (Wildman–Crippen LogP) is -1.19. The summed E-state index contributed by atoms with van der Waals surface area (Å²) in [6.45, 7) is 2.36. The highest BCUT2D eigenvalue weighted by Crippen LogP contribution is 2.14. The maximum absolute atomic E-state index is 11.9. The number of piperazine rings is 1. The molecule has 6 nitrogen and oxygen atoms in total. The fraction of sp³-hybridized carbons (Fsp3) is 0.750. The molecule has 1 fully saturated rings. The molecule has 1 amide bonds. The zero-order chi connectivity index (χ0) is 12.3. The molecule has 8 heteroatoms. The number of thiocarbonyl (C=S) groups is 1. The van der Waals surface area contributed by atoms with Crippen LogP contribution in [0, 0.1) is 0 Å². The second-order valence-electron chi connectivity index (χ2n) is 3.55. The maximum atomic E-state index is 11.9. The monoisotopic (exact) mass is 265 g/mol. The molecule has 0 aromatic carbocycles. The molecule has 0 radical (unpaired) electrons. The summed E-state index contributed by atoms with van der Waals surface area (Å²) in [6, 6.07) is -0.645. The Morgan fingerprint density at radius 3 is 2.81 bits per heavy atom. The molecule has 1 saturated heterocycles. The maximum Gasteiger partial charge on any atom is 0.238 e. The zero-order valence-electron chi connectivity index (χ0n) is 8.97. The van der Waals surface area contributed by atoms with Crippen LogP contribution in [-0.2, 0) is 14.8 Å². The van der Waals surface area contributed by atoms with E-state index in [9.17, 15) is 13.2 Å². The molecular weight excluding hydrogens is 250 g/mol. The van der Waals surface area contributed by atoms with Crippen molar-refractivity contribution in [2.75, 3.05) is 18.8 Å². The summed E-state index contributed by atoms with van der Waals surface area (Å²) in [5.74, 6) is -0.646. The summed E-state index contributed by atoms with van der Waals surface area (Å²) in [7, 11) is -3.57. The lowest BCUT2D eigenvalue weighted by molar-refractivity contribution is -0.126. The molecule has 3 N–H and O–H groups in total. The fourth-order valence-electron chi connectivity index (χ4n) is 1.68. The molecule has 0 saturated carbocycles. The molecule has 0 aliphatic carbocycles. The molecule has 0 bridgehead atoms. The first-order valence-corrected chi connectivity index (χ1v) is 6.95. The Morgan fingerprint density at radius 1 is 1.69 bits per heavy atom. The van der Waals surface area contributed by atoms with Crippen LogP contribution in [0.1, 0.15) is 13.3 Å². The largest absolute Gasteiger partial charge is 0.392 e. The van der Waals surface area contributed by atoms with Gasteiger partial charge < -0.3 is 11.1 Å². The normalized spacial score (nSPS) is 22.8. The summed E-state index contributed by atoms with van der Waals surface area (Å²) in [6.07, 6.45) is 0.433. The van der Waals surface area contributed by atoms with Crippen molar-refractivity contribution in [3.05, 3.63) is 0 Å². The molecule has 1 heterocycles. The van der Waals surface area contributed by atoms with Crippen LogP contribution in [0.15, 0.2) is 0 Å². The van der Waals surface area contributed by atoms with Crippen molar-refractivity contribution < 1.29 is 13.2 Å². The second-order valence-corrected chi connectivity index (χ2v) is 5.99. The molecule has 92 valence electrons. The summed E-state index contributed by atoms with van der Waals surface area (Å²) in [5, 5.41) is 2.63. The minimum absolute atomic E-state index is 0.0826. The van der Waals surface area contributed by atoms with Crippen molar-refractivity contribution in [1.82, 2.24) is 9.62 Å². The van der Waals surface area contributed by atoms with Gasteiger partial charge in [0.2, 0.25) is 15.9 Å². The lowest BCUT2D eigenvalue weighted by atomic mass is 10.2. The van der Waals surface area contributed by atoms with E-state index in [0.29, 0.717) is 13.0 Å². The van der Waals surface area contributed by atoms with E-state index in [1.807, 2.05) is 0 Å². The minimum Gasteiger partial charge on any atom is -0.392 e. The number of nitrogens with zero attached hydrogens (tertiary/aromatic N) is 1. The average Bonchev–Trinajstić information content (AvgIpc) is 2.15. The van der Waals surface area contributed by atoms with Gasteiger partial charge in [-0.15, -0.1) is 0 Å². The van der Waals surface area contributed by atoms with Gasteiger partial charge >= 0.3 is 0 Å². The average molecular weight is 265 g/mol. The number of hydrogen-bond donors (Lipinski definition) is 2. The van der Waals surface area contributed by atoms with E-state index in [4.69, 9.17) is 5.73 Å². The Labute approximate surface area is 100 Å². The van der Waals surface area contributed by atoms with Gasteiger partial charge in [-0.3, -0.25) is 4.79 Å². The first kappa shape index (κ1) is 13.3. The number of sulfonamides is 1. The number of rotatable bonds is 4. The number of hydrogen-bond acceptors (Lipinski definition) is 4. The Morgan fingerprint density at radius 2 is 2.31 bits per heavy atom. The van der Waals surface area contributed by atoms with Crippen LogP contribution in [0.3, 0.4) is 0 Å². The van der Waals surface area contributed by atoms with Gasteiger partial charge in [-0.1, -0.05) is 19.1 Å². The van der Waals surface area contributed by atoms with Crippen LogP contribution in [0.25, 0.3) is 0 Å². The van der Waals surface area contributed by atoms with Gasteiger partial charge in [0.25, 0.3) is 0 Å². The third-order valence-electron chi connectivity index (χ3n) is 2.35. The van der Waals surface area contributed by atoms with Crippen LogP contribution in [0.2, 0.25) is 0 Å². The van der Waals surface area contributed by atoms with Crippen molar-refractivity contribution in [3.8, 4) is 0 Å². The number of nitrogens with one attached hydrogen (secondary N) is 1. The van der Waals surface area contributed by atoms with Crippen molar-refractivity contribution in [1.29, 1.82) is 0 Å². The number of carbonyl (C=O) groups is 1. The van der Waals surface area contributed by atoms with Crippen LogP contribution >= 0.6 is 12.2 Å². The standard InChI is InChI=1S/C8H15N3O3S2/c1-2-6-8(12)10-3-4-11(6)16(13,14)5-7(9)15/h6H,2-5H2,1H3,(H2,9,15)(H,10,12). The topological polar surface area (TPSA) is 92.5 Å². The highest BCUT2D eigenvalue weighted by atomic mass is 32.2. The summed E-state index contributed by atoms with van der Waals surface area (Å²) in [5.41, 5.74) is 5.23. The Kier molecular flexibility index (Phi) is 4.22. The summed E-state index contributed by atoms with van der Waals surface area (Å²) in [4.78, 5) is 11.4. The van der Waals surface area contributed by atoms with Gasteiger partial charge in [-0.2, -0.15) is 4.31 Å². The Balaban J connectivity index is 2.92. The molecule has 0 aromatic rings. The third-order valence-corrected chi connectivity index (χ3v) is 4.50. The van der Waals surface area contributed by atoms with Gasteiger partial charge in [-0.05, 0) is 6.42 Å². The number of amides is 1. The predicted molar refractivity (Wildman–Crippen MR) is 64.4 cm³/mol. The van der Waals surface area contributed by atoms with Gasteiger partial charge in [0.05, 0.1) is 4.99 Å². The van der Waals surface area contributed by atoms with Gasteiger partial charge in [0.1, 0.15) is 11.8 Å². The lowest BCUT2D eigenvalue weighted by Gasteiger charge is -2.33. The Hall–Kier alpha value is -0.730. The van der Waals surface area contributed by atoms with Gasteiger partial charge in [0.15, 0.2) is 0 Å². The van der Waals surface area contributed by atoms with Crippen LogP contribution in [0.4, 0.5) is 0 Å². The molecule has 1 aliphatic rings. The summed E-state index contributed by atoms with van der Waals surface area (Å²) >= 11 is 4.59. The second kappa shape index (κ2) is 5.07. The first-order chi connectivity index (χ1) is 7.38. The smallest absolute Gasteiger partial charge is 0.238 e. The molecule has 1 atom stereocenters. The van der Waals surface area contributed by atoms with E-state index >= 15 is 0 Å². The van der Waals surface area contributed by atoms with Gasteiger partial charge in [0, 0.05) is 13.1 Å². The molecular formula is C8H15N3O3S2. The van der Waals surface area contributed by atoms with Crippen molar-refractivity contribution in [2.24, 2.45) is 5.73 Å². The van der Waals surface area contributed by atoms with E-state index in [0.717, 1.165) is 0 Å². The van der Waals surface area contributed by atoms with E-state index in [1.165, 1.54) is 4.31 Å². The van der Waals surface area contributed by atoms with Crippen molar-refractivity contribution in [3.63, 3.8) is 0 Å². The first-order valence-electron chi connectivity index (χ1n) is 4.94. The fourth-order valence-corrected chi connectivity index (χ4v) is 3.65. The highest BCUT2D eigenvalue weighted by molar-refractivity contribution is 7.92. The van der Waals surface area contributed by atoms with Crippen molar-refractivity contribution in [2.45, 2.75) is 19.4 Å². The SMILES string of the molecule is CCC1C(=O)NCCN1S(=O)(=O)CC(N)=S. The van der Waals surface area contributed by atoms with E-state index < -0.39 is 16.1 Å². The number of carbonyl (C=O) groups excluding carboxylic acids is 1. The molecule has 1 aliphatic heterocycles. The molecule has 1 unspecified atom stereocenters.